The second-order valence-electron chi connectivity index (χ2n) is 3.96. The van der Waals surface area contributed by atoms with Crippen LogP contribution in [0.1, 0.15) is 12.6 Å². The number of hydrogen-bond donors (Lipinski definition) is 1. The van der Waals surface area contributed by atoms with Crippen LogP contribution in [0.25, 0.3) is 0 Å². The van der Waals surface area contributed by atoms with Crippen molar-refractivity contribution >= 4 is 33.2 Å². The highest BCUT2D eigenvalue weighted by molar-refractivity contribution is 9.10. The molecule has 1 aromatic heterocycles. The first-order chi connectivity index (χ1) is 9.15. The summed E-state index contributed by atoms with van der Waals surface area (Å²) in [5, 5.41) is 8.21. The first-order valence-electron chi connectivity index (χ1n) is 5.93. The number of hydrogen-bond acceptors (Lipinski definition) is 3. The van der Waals surface area contributed by atoms with Crippen LogP contribution in [0.5, 0.6) is 5.75 Å². The van der Waals surface area contributed by atoms with Gasteiger partial charge in [0.25, 0.3) is 0 Å². The first kappa shape index (κ1) is 14.2. The van der Waals surface area contributed by atoms with Gasteiger partial charge in [0.15, 0.2) is 5.75 Å². The lowest BCUT2D eigenvalue weighted by Gasteiger charge is -2.13. The number of nitrogens with one attached hydrogen (secondary N) is 1. The molecule has 0 spiro atoms. The van der Waals surface area contributed by atoms with Gasteiger partial charge in [-0.2, -0.15) is 5.10 Å². The van der Waals surface area contributed by atoms with E-state index in [1.807, 2.05) is 22.9 Å². The van der Waals surface area contributed by atoms with Gasteiger partial charge >= 0.3 is 0 Å². The molecule has 0 saturated heterocycles. The quantitative estimate of drug-likeness (QED) is 0.893. The molecule has 2 aromatic rings. The van der Waals surface area contributed by atoms with Crippen LogP contribution in [-0.4, -0.2) is 16.9 Å². The molecular formula is C13H15BrClN3O. The maximum atomic E-state index is 6.06. The molecule has 0 unspecified atom stereocenters. The zero-order valence-corrected chi connectivity index (χ0v) is 13.1. The standard InChI is InChI=1S/C13H15BrClN3O/c1-3-18-10(4-5-17-18)8-16-12-7-9(15)6-11(14)13(12)19-2/h4-7,16H,3,8H2,1-2H3. The number of methoxy groups -OCH3 is 1. The number of halogens is 2. The Morgan fingerprint density at radius 1 is 1.47 bits per heavy atom. The third-order valence-corrected chi connectivity index (χ3v) is 3.58. The molecule has 0 radical (unpaired) electrons. The summed E-state index contributed by atoms with van der Waals surface area (Å²) in [5.74, 6) is 0.743. The van der Waals surface area contributed by atoms with E-state index >= 15 is 0 Å². The van der Waals surface area contributed by atoms with Crippen LogP contribution < -0.4 is 10.1 Å². The molecule has 6 heteroatoms. The van der Waals surface area contributed by atoms with Gasteiger partial charge in [-0.15, -0.1) is 0 Å². The number of nitrogens with zero attached hydrogens (tertiary/aromatic N) is 2. The molecule has 0 amide bonds. The minimum Gasteiger partial charge on any atom is -0.493 e. The number of aromatic nitrogens is 2. The van der Waals surface area contributed by atoms with E-state index in [0.29, 0.717) is 11.6 Å². The molecule has 0 fully saturated rings. The lowest BCUT2D eigenvalue weighted by molar-refractivity contribution is 0.413. The van der Waals surface area contributed by atoms with E-state index in [1.165, 1.54) is 0 Å². The van der Waals surface area contributed by atoms with Gasteiger partial charge in [-0.25, -0.2) is 0 Å². The maximum Gasteiger partial charge on any atom is 0.156 e. The summed E-state index contributed by atoms with van der Waals surface area (Å²) in [7, 11) is 1.63. The normalized spacial score (nSPS) is 10.5. The van der Waals surface area contributed by atoms with Crippen LogP contribution in [-0.2, 0) is 13.1 Å². The smallest absolute Gasteiger partial charge is 0.156 e. The van der Waals surface area contributed by atoms with Crippen LogP contribution in [0, 0.1) is 0 Å². The van der Waals surface area contributed by atoms with Crippen molar-refractivity contribution in [3.8, 4) is 5.75 Å². The SMILES string of the molecule is CCn1nccc1CNc1cc(Cl)cc(Br)c1OC. The van der Waals surface area contributed by atoms with E-state index in [0.717, 1.165) is 28.1 Å². The van der Waals surface area contributed by atoms with E-state index in [2.05, 4.69) is 33.3 Å². The molecule has 1 N–H and O–H groups in total. The third-order valence-electron chi connectivity index (χ3n) is 2.78. The highest BCUT2D eigenvalue weighted by Gasteiger charge is 2.10. The summed E-state index contributed by atoms with van der Waals surface area (Å²) < 4.78 is 8.14. The number of ether oxygens (including phenoxy) is 1. The van der Waals surface area contributed by atoms with Crippen LogP contribution >= 0.6 is 27.5 Å². The van der Waals surface area contributed by atoms with E-state index in [9.17, 15) is 0 Å². The van der Waals surface area contributed by atoms with E-state index < -0.39 is 0 Å². The summed E-state index contributed by atoms with van der Waals surface area (Å²) in [4.78, 5) is 0. The van der Waals surface area contributed by atoms with Crippen LogP contribution in [0.4, 0.5) is 5.69 Å². The Kier molecular flexibility index (Phi) is 4.71. The van der Waals surface area contributed by atoms with Gasteiger partial charge < -0.3 is 10.1 Å². The Labute approximate surface area is 125 Å². The van der Waals surface area contributed by atoms with Gasteiger partial charge in [-0.3, -0.25) is 4.68 Å². The predicted octanol–water partition coefficient (Wildman–Crippen LogP) is 3.94. The molecule has 0 aliphatic carbocycles. The molecule has 0 aliphatic rings. The van der Waals surface area contributed by atoms with Gasteiger partial charge in [0.2, 0.25) is 0 Å². The monoisotopic (exact) mass is 343 g/mol. The molecule has 0 saturated carbocycles. The molecule has 0 aliphatic heterocycles. The Morgan fingerprint density at radius 3 is 2.95 bits per heavy atom. The third kappa shape index (κ3) is 3.22. The Bertz CT molecular complexity index is 571. The fourth-order valence-corrected chi connectivity index (χ4v) is 2.85. The van der Waals surface area contributed by atoms with Gasteiger partial charge in [-0.1, -0.05) is 11.6 Å². The van der Waals surface area contributed by atoms with Gasteiger partial charge in [0, 0.05) is 17.8 Å². The summed E-state index contributed by atoms with van der Waals surface area (Å²) in [6.45, 7) is 3.57. The van der Waals surface area contributed by atoms with Gasteiger partial charge in [0.05, 0.1) is 29.5 Å². The fourth-order valence-electron chi connectivity index (χ4n) is 1.88. The lowest BCUT2D eigenvalue weighted by Crippen LogP contribution is -2.08. The van der Waals surface area contributed by atoms with E-state index in [-0.39, 0.29) is 0 Å². The number of aryl methyl sites for hydroxylation is 1. The zero-order chi connectivity index (χ0) is 13.8. The molecule has 102 valence electrons. The van der Waals surface area contributed by atoms with Crippen molar-refractivity contribution in [3.63, 3.8) is 0 Å². The fraction of sp³-hybridized carbons (Fsp3) is 0.308. The van der Waals surface area contributed by atoms with Crippen molar-refractivity contribution in [1.29, 1.82) is 0 Å². The molecule has 19 heavy (non-hydrogen) atoms. The summed E-state index contributed by atoms with van der Waals surface area (Å²) in [6.07, 6.45) is 1.80. The van der Waals surface area contributed by atoms with Crippen LogP contribution in [0.3, 0.4) is 0 Å². The topological polar surface area (TPSA) is 39.1 Å². The predicted molar refractivity (Wildman–Crippen MR) is 80.9 cm³/mol. The molecule has 1 aromatic carbocycles. The second kappa shape index (κ2) is 6.30. The van der Waals surface area contributed by atoms with Crippen molar-refractivity contribution in [2.75, 3.05) is 12.4 Å². The molecule has 0 atom stereocenters. The van der Waals surface area contributed by atoms with Crippen molar-refractivity contribution in [2.24, 2.45) is 0 Å². The summed E-state index contributed by atoms with van der Waals surface area (Å²) >= 11 is 9.49. The van der Waals surface area contributed by atoms with E-state index in [1.54, 1.807) is 13.3 Å². The Morgan fingerprint density at radius 2 is 2.26 bits per heavy atom. The summed E-state index contributed by atoms with van der Waals surface area (Å²) in [6, 6.07) is 5.64. The molecule has 2 rings (SSSR count). The average Bonchev–Trinajstić information content (AvgIpc) is 2.83. The maximum absolute atomic E-state index is 6.06. The number of benzene rings is 1. The highest BCUT2D eigenvalue weighted by Crippen LogP contribution is 2.36. The van der Waals surface area contributed by atoms with Crippen LogP contribution in [0.2, 0.25) is 5.02 Å². The van der Waals surface area contributed by atoms with Crippen molar-refractivity contribution in [3.05, 3.63) is 39.6 Å². The Balaban J connectivity index is 2.19. The minimum atomic E-state index is 0.652. The van der Waals surface area contributed by atoms with E-state index in [4.69, 9.17) is 16.3 Å². The molecule has 0 bridgehead atoms. The average molecular weight is 345 g/mol. The number of rotatable bonds is 5. The summed E-state index contributed by atoms with van der Waals surface area (Å²) in [5.41, 5.74) is 1.96. The molecule has 1 heterocycles. The molecular weight excluding hydrogens is 330 g/mol. The first-order valence-corrected chi connectivity index (χ1v) is 7.10. The van der Waals surface area contributed by atoms with Crippen molar-refractivity contribution < 1.29 is 4.74 Å². The van der Waals surface area contributed by atoms with Crippen molar-refractivity contribution in [2.45, 2.75) is 20.0 Å². The zero-order valence-electron chi connectivity index (χ0n) is 10.8. The van der Waals surface area contributed by atoms with Crippen molar-refractivity contribution in [1.82, 2.24) is 9.78 Å². The number of anilines is 1. The van der Waals surface area contributed by atoms with Crippen LogP contribution in [0.15, 0.2) is 28.9 Å². The lowest BCUT2D eigenvalue weighted by atomic mass is 10.3. The largest absolute Gasteiger partial charge is 0.493 e. The Hall–Kier alpha value is -1.20. The van der Waals surface area contributed by atoms with Gasteiger partial charge in [-0.05, 0) is 41.1 Å². The van der Waals surface area contributed by atoms with Gasteiger partial charge in [0.1, 0.15) is 0 Å². The highest BCUT2D eigenvalue weighted by atomic mass is 79.9. The molecule has 4 nitrogen and oxygen atoms in total. The second-order valence-corrected chi connectivity index (χ2v) is 5.25. The minimum absolute atomic E-state index is 0.652.